The first-order valence-electron chi connectivity index (χ1n) is 20.1. The van der Waals surface area contributed by atoms with E-state index in [1.807, 2.05) is 24.3 Å². The third-order valence-corrected chi connectivity index (χ3v) is 17.3. The van der Waals surface area contributed by atoms with E-state index < -0.39 is 15.8 Å². The first kappa shape index (κ1) is 44.8. The van der Waals surface area contributed by atoms with E-state index in [1.54, 1.807) is 0 Å². The number of hydrogen-bond donors (Lipinski definition) is 0. The van der Waals surface area contributed by atoms with Gasteiger partial charge in [0.25, 0.3) is 0 Å². The molecule has 4 aromatic carbocycles. The van der Waals surface area contributed by atoms with E-state index in [4.69, 9.17) is 33.2 Å². The maximum Gasteiger partial charge on any atom is 0.0851 e. The molecule has 0 aromatic heterocycles. The summed E-state index contributed by atoms with van der Waals surface area (Å²) >= 11 is 13.0. The topological polar surface area (TPSA) is 24.7 Å². The van der Waals surface area contributed by atoms with Crippen LogP contribution in [-0.2, 0) is 32.5 Å². The zero-order chi connectivity index (χ0) is 42.1. The number of aliphatic imine (C=N–C) groups is 2. The SMILES string of the molecule is CC(C)(C)c1cc(C(C)(C)C)c(P2C(=Nc3ccc(Cl)cc3)P(c3c(C(C)(C)C)cc(C(C)(C)C)cc3C(C)(C)C)C2=Nc2ccc(Cl)cc2)c(C(C)(C)C)c1. The lowest BCUT2D eigenvalue weighted by Gasteiger charge is -2.47. The van der Waals surface area contributed by atoms with Crippen LogP contribution in [0.4, 0.5) is 11.4 Å². The van der Waals surface area contributed by atoms with Crippen molar-refractivity contribution >= 4 is 71.4 Å². The summed E-state index contributed by atoms with van der Waals surface area (Å²) in [4.78, 5) is 11.6. The molecule has 1 heterocycles. The van der Waals surface area contributed by atoms with Crippen LogP contribution in [0.1, 0.15) is 158 Å². The Morgan fingerprint density at radius 2 is 0.589 bits per heavy atom. The van der Waals surface area contributed by atoms with Gasteiger partial charge in [0.1, 0.15) is 0 Å². The Hall–Kier alpha value is -2.34. The minimum atomic E-state index is -1.13. The average molecular weight is 828 g/mol. The molecule has 6 heteroatoms. The van der Waals surface area contributed by atoms with Gasteiger partial charge >= 0.3 is 0 Å². The summed E-state index contributed by atoms with van der Waals surface area (Å²) in [6.07, 6.45) is 0. The molecular formula is C50H66Cl2N2P2. The van der Waals surface area contributed by atoms with Gasteiger partial charge in [0.15, 0.2) is 0 Å². The standard InChI is InChI=1S/C50H66Cl2N2P2/c1-45(2,3)31-27-37(47(7,8)9)41(38(28-31)48(10,11)12)55-43(53-35-23-19-33(51)20-24-35)56(44(55)54-36-25-21-34(52)22-26-36)42-39(49(13,14)15)29-32(46(4,5)6)30-40(42)50(16,17)18/h19-30H,1-18H3. The number of nitrogens with zero attached hydrogens (tertiary/aromatic N) is 2. The van der Waals surface area contributed by atoms with Gasteiger partial charge < -0.3 is 0 Å². The molecule has 0 aliphatic carbocycles. The van der Waals surface area contributed by atoms with Gasteiger partial charge in [-0.05, 0) is 125 Å². The zero-order valence-electron chi connectivity index (χ0n) is 37.5. The molecular weight excluding hydrogens is 761 g/mol. The van der Waals surface area contributed by atoms with E-state index in [1.165, 1.54) is 54.4 Å². The Kier molecular flexibility index (Phi) is 12.3. The molecule has 1 aliphatic heterocycles. The highest BCUT2D eigenvalue weighted by molar-refractivity contribution is 8.39. The van der Waals surface area contributed by atoms with Crippen molar-refractivity contribution in [2.75, 3.05) is 0 Å². The second-order valence-electron chi connectivity index (χ2n) is 21.8. The monoisotopic (exact) mass is 826 g/mol. The van der Waals surface area contributed by atoms with E-state index in [0.717, 1.165) is 11.4 Å². The van der Waals surface area contributed by atoms with Crippen molar-refractivity contribution in [1.82, 2.24) is 0 Å². The number of halogens is 2. The van der Waals surface area contributed by atoms with Crippen molar-refractivity contribution in [2.24, 2.45) is 9.98 Å². The minimum Gasteiger partial charge on any atom is -0.247 e. The number of rotatable bonds is 4. The zero-order valence-corrected chi connectivity index (χ0v) is 40.8. The van der Waals surface area contributed by atoms with Gasteiger partial charge in [-0.1, -0.05) is 172 Å². The molecule has 0 bridgehead atoms. The summed E-state index contributed by atoms with van der Waals surface area (Å²) in [6.45, 7) is 42.4. The predicted molar refractivity (Wildman–Crippen MR) is 255 cm³/mol. The second kappa shape index (κ2) is 15.4. The molecule has 0 atom stereocenters. The fourth-order valence-electron chi connectivity index (χ4n) is 7.10. The summed E-state index contributed by atoms with van der Waals surface area (Å²) in [5.74, 6) is 0. The van der Waals surface area contributed by atoms with E-state index in [0.29, 0.717) is 10.0 Å². The highest BCUT2D eigenvalue weighted by Crippen LogP contribution is 2.74. The number of hydrogen-bond acceptors (Lipinski definition) is 2. The molecule has 1 saturated heterocycles. The average Bonchev–Trinajstić information content (AvgIpc) is 3.03. The van der Waals surface area contributed by atoms with E-state index in [-0.39, 0.29) is 32.5 Å². The fourth-order valence-corrected chi connectivity index (χ4v) is 15.2. The summed E-state index contributed by atoms with van der Waals surface area (Å²) in [7, 11) is -2.26. The van der Waals surface area contributed by atoms with Crippen molar-refractivity contribution < 1.29 is 0 Å². The normalized spacial score (nSPS) is 17.2. The molecule has 300 valence electrons. The number of benzene rings is 4. The maximum atomic E-state index is 6.49. The molecule has 0 amide bonds. The molecule has 0 radical (unpaired) electrons. The van der Waals surface area contributed by atoms with Crippen molar-refractivity contribution in [1.29, 1.82) is 0 Å². The molecule has 56 heavy (non-hydrogen) atoms. The molecule has 2 nitrogen and oxygen atoms in total. The third-order valence-electron chi connectivity index (χ3n) is 10.5. The van der Waals surface area contributed by atoms with Crippen LogP contribution in [0.3, 0.4) is 0 Å². The van der Waals surface area contributed by atoms with E-state index in [9.17, 15) is 0 Å². The lowest BCUT2D eigenvalue weighted by molar-refractivity contribution is 0.553. The van der Waals surface area contributed by atoms with Crippen molar-refractivity contribution in [2.45, 2.75) is 157 Å². The van der Waals surface area contributed by atoms with Crippen LogP contribution in [0.25, 0.3) is 0 Å². The highest BCUT2D eigenvalue weighted by atomic mass is 35.5. The lowest BCUT2D eigenvalue weighted by Crippen LogP contribution is -2.41. The first-order valence-corrected chi connectivity index (χ1v) is 23.5. The van der Waals surface area contributed by atoms with Crippen LogP contribution in [-0.4, -0.2) is 10.4 Å². The van der Waals surface area contributed by atoms with Gasteiger partial charge in [-0.25, -0.2) is 9.98 Å². The van der Waals surface area contributed by atoms with E-state index >= 15 is 0 Å². The van der Waals surface area contributed by atoms with Gasteiger partial charge in [-0.15, -0.1) is 0 Å². The Bertz CT molecular complexity index is 1910. The largest absolute Gasteiger partial charge is 0.247 e. The van der Waals surface area contributed by atoms with Gasteiger partial charge in [0.2, 0.25) is 0 Å². The Morgan fingerprint density at radius 3 is 0.786 bits per heavy atom. The minimum absolute atomic E-state index is 0.0174. The smallest absolute Gasteiger partial charge is 0.0851 e. The van der Waals surface area contributed by atoms with Crippen LogP contribution < -0.4 is 10.6 Å². The fraction of sp³-hybridized carbons (Fsp3) is 0.480. The quantitative estimate of drug-likeness (QED) is 0.183. The molecule has 1 aliphatic rings. The third kappa shape index (κ3) is 9.58. The van der Waals surface area contributed by atoms with Gasteiger partial charge in [0.05, 0.1) is 21.8 Å². The summed E-state index contributed by atoms with van der Waals surface area (Å²) in [5, 5.41) is 6.75. The van der Waals surface area contributed by atoms with Gasteiger partial charge in [-0.2, -0.15) is 0 Å². The van der Waals surface area contributed by atoms with Crippen LogP contribution in [0, 0.1) is 0 Å². The van der Waals surface area contributed by atoms with Crippen LogP contribution in [0.15, 0.2) is 82.8 Å². The summed E-state index contributed by atoms with van der Waals surface area (Å²) in [6, 6.07) is 26.2. The molecule has 0 N–H and O–H groups in total. The van der Waals surface area contributed by atoms with Crippen LogP contribution in [0.2, 0.25) is 10.0 Å². The molecule has 4 aromatic rings. The molecule has 0 saturated carbocycles. The molecule has 5 rings (SSSR count). The molecule has 1 fully saturated rings. The Morgan fingerprint density at radius 1 is 0.357 bits per heavy atom. The Labute approximate surface area is 352 Å². The first-order chi connectivity index (χ1) is 25.4. The lowest BCUT2D eigenvalue weighted by atomic mass is 9.75. The summed E-state index contributed by atoms with van der Waals surface area (Å²) < 4.78 is 0. The van der Waals surface area contributed by atoms with Gasteiger partial charge in [-0.3, -0.25) is 0 Å². The molecule has 0 spiro atoms. The van der Waals surface area contributed by atoms with E-state index in [2.05, 4.69) is 173 Å². The Balaban J connectivity index is 2.05. The van der Waals surface area contributed by atoms with Gasteiger partial charge in [0, 0.05) is 25.9 Å². The van der Waals surface area contributed by atoms with Crippen LogP contribution >= 0.6 is 39.0 Å². The van der Waals surface area contributed by atoms with Crippen molar-refractivity contribution in [3.63, 3.8) is 0 Å². The maximum absolute atomic E-state index is 6.49. The summed E-state index contributed by atoms with van der Waals surface area (Å²) in [5.41, 5.74) is 9.58. The predicted octanol–water partition coefficient (Wildman–Crippen LogP) is 16.1. The van der Waals surface area contributed by atoms with Crippen molar-refractivity contribution in [3.05, 3.63) is 116 Å². The van der Waals surface area contributed by atoms with Crippen LogP contribution in [0.5, 0.6) is 0 Å². The van der Waals surface area contributed by atoms with Crippen molar-refractivity contribution in [3.8, 4) is 0 Å². The molecule has 0 unspecified atom stereocenters. The second-order valence-corrected chi connectivity index (χ2v) is 27.3. The highest BCUT2D eigenvalue weighted by Gasteiger charge is 2.52.